The van der Waals surface area contributed by atoms with Gasteiger partial charge in [0.1, 0.15) is 16.5 Å². The Kier molecular flexibility index (Phi) is 10.1. The van der Waals surface area contributed by atoms with E-state index in [-0.39, 0.29) is 21.1 Å². The second-order valence-corrected chi connectivity index (χ2v) is 8.85. The molecule has 198 valence electrons. The molecule has 0 aliphatic heterocycles. The predicted octanol–water partition coefficient (Wildman–Crippen LogP) is 6.43. The molecule has 0 saturated heterocycles. The summed E-state index contributed by atoms with van der Waals surface area (Å²) in [5, 5.41) is 18.1. The van der Waals surface area contributed by atoms with Crippen LogP contribution in [0, 0.1) is 0 Å². The van der Waals surface area contributed by atoms with E-state index < -0.39 is 24.6 Å². The zero-order valence-electron chi connectivity index (χ0n) is 19.3. The van der Waals surface area contributed by atoms with Crippen LogP contribution in [0.3, 0.4) is 0 Å². The summed E-state index contributed by atoms with van der Waals surface area (Å²) in [6, 6.07) is 13.1. The largest absolute Gasteiger partial charge is 0.479 e. The fourth-order valence-electron chi connectivity index (χ4n) is 2.64. The van der Waals surface area contributed by atoms with Crippen LogP contribution >= 0.6 is 46.4 Å². The number of hydrogen-bond acceptors (Lipinski definition) is 8. The number of hydrogen-bond donors (Lipinski definition) is 2. The molecular weight excluding hydrogens is 584 g/mol. The molecule has 38 heavy (non-hydrogen) atoms. The number of halogens is 4. The van der Waals surface area contributed by atoms with Crippen molar-refractivity contribution in [1.29, 1.82) is 0 Å². The summed E-state index contributed by atoms with van der Waals surface area (Å²) >= 11 is 22.7. The SMILES string of the molecule is C[C@@H](Oc1ccc(Oc2cnc3cc(Cl)ccc3n2)cc1)C(=O)O.O=C(O)COc1nc(Cl)c(Cl)cc1Cl. The molecule has 0 aliphatic carbocycles. The van der Waals surface area contributed by atoms with Crippen molar-refractivity contribution in [2.45, 2.75) is 13.0 Å². The lowest BCUT2D eigenvalue weighted by Crippen LogP contribution is -2.22. The van der Waals surface area contributed by atoms with Crippen LogP contribution in [0.25, 0.3) is 11.0 Å². The van der Waals surface area contributed by atoms with Gasteiger partial charge >= 0.3 is 11.9 Å². The maximum atomic E-state index is 10.8. The van der Waals surface area contributed by atoms with Gasteiger partial charge in [-0.05, 0) is 55.5 Å². The molecular formula is C24H17Cl4N3O7. The number of pyridine rings is 1. The lowest BCUT2D eigenvalue weighted by molar-refractivity contribution is -0.144. The van der Waals surface area contributed by atoms with Crippen LogP contribution in [-0.4, -0.2) is 49.8 Å². The number of fused-ring (bicyclic) bond motifs is 1. The molecule has 14 heteroatoms. The monoisotopic (exact) mass is 599 g/mol. The topological polar surface area (TPSA) is 141 Å². The van der Waals surface area contributed by atoms with E-state index in [0.29, 0.717) is 33.4 Å². The number of carboxylic acids is 2. The lowest BCUT2D eigenvalue weighted by atomic mass is 10.3. The number of nitrogens with zero attached hydrogens (tertiary/aromatic N) is 3. The normalized spacial score (nSPS) is 11.2. The molecule has 0 bridgehead atoms. The van der Waals surface area contributed by atoms with E-state index in [4.69, 9.17) is 70.8 Å². The van der Waals surface area contributed by atoms with Crippen molar-refractivity contribution < 1.29 is 34.0 Å². The van der Waals surface area contributed by atoms with Gasteiger partial charge in [0.15, 0.2) is 17.9 Å². The van der Waals surface area contributed by atoms with Crippen LogP contribution < -0.4 is 14.2 Å². The van der Waals surface area contributed by atoms with E-state index in [0.717, 1.165) is 0 Å². The number of carboxylic acid groups (broad SMARTS) is 2. The first-order valence-electron chi connectivity index (χ1n) is 10.5. The van der Waals surface area contributed by atoms with Crippen LogP contribution in [0.4, 0.5) is 0 Å². The van der Waals surface area contributed by atoms with Gasteiger partial charge in [0, 0.05) is 5.02 Å². The minimum absolute atomic E-state index is 0.0106. The van der Waals surface area contributed by atoms with Crippen molar-refractivity contribution in [2.24, 2.45) is 0 Å². The molecule has 0 radical (unpaired) electrons. The molecule has 0 amide bonds. The van der Waals surface area contributed by atoms with Crippen molar-refractivity contribution in [1.82, 2.24) is 15.0 Å². The van der Waals surface area contributed by atoms with E-state index >= 15 is 0 Å². The molecule has 1 atom stereocenters. The summed E-state index contributed by atoms with van der Waals surface area (Å²) in [5.41, 5.74) is 1.35. The van der Waals surface area contributed by atoms with Crippen LogP contribution in [-0.2, 0) is 9.59 Å². The minimum Gasteiger partial charge on any atom is -0.479 e. The molecule has 2 heterocycles. The molecule has 0 saturated carbocycles. The highest BCUT2D eigenvalue weighted by Crippen LogP contribution is 2.30. The second-order valence-electron chi connectivity index (χ2n) is 7.24. The highest BCUT2D eigenvalue weighted by molar-refractivity contribution is 6.42. The molecule has 10 nitrogen and oxygen atoms in total. The highest BCUT2D eigenvalue weighted by atomic mass is 35.5. The molecule has 2 N–H and O–H groups in total. The molecule has 0 fully saturated rings. The van der Waals surface area contributed by atoms with Gasteiger partial charge in [-0.25, -0.2) is 19.6 Å². The van der Waals surface area contributed by atoms with Crippen molar-refractivity contribution >= 4 is 69.4 Å². The maximum Gasteiger partial charge on any atom is 0.344 e. The summed E-state index contributed by atoms with van der Waals surface area (Å²) in [7, 11) is 0. The van der Waals surface area contributed by atoms with E-state index in [1.165, 1.54) is 19.2 Å². The van der Waals surface area contributed by atoms with E-state index in [1.807, 2.05) is 0 Å². The van der Waals surface area contributed by atoms with E-state index in [2.05, 4.69) is 15.0 Å². The Bertz CT molecular complexity index is 1460. The zero-order chi connectivity index (χ0) is 27.8. The predicted molar refractivity (Wildman–Crippen MR) is 141 cm³/mol. The first kappa shape index (κ1) is 29.0. The summed E-state index contributed by atoms with van der Waals surface area (Å²) in [6.07, 6.45) is 0.588. The molecule has 2 aromatic carbocycles. The molecule has 4 rings (SSSR count). The number of benzene rings is 2. The van der Waals surface area contributed by atoms with Gasteiger partial charge in [0.05, 0.1) is 22.3 Å². The molecule has 4 aromatic rings. The third kappa shape index (κ3) is 8.49. The Labute approximate surface area is 235 Å². The standard InChI is InChI=1S/C17H13ClN2O4.C7H4Cl3NO3/c1-10(17(21)22)23-12-3-5-13(6-4-12)24-16-9-19-15-8-11(18)2-7-14(15)20-16;8-3-1-4(9)7(11-6(3)10)14-2-5(12)13/h2-10H,1H3,(H,21,22);1H,2H2,(H,12,13)/t10-;/m1./s1. The van der Waals surface area contributed by atoms with E-state index in [9.17, 15) is 9.59 Å². The maximum absolute atomic E-state index is 10.8. The van der Waals surface area contributed by atoms with Gasteiger partial charge < -0.3 is 24.4 Å². The molecule has 0 spiro atoms. The smallest absolute Gasteiger partial charge is 0.344 e. The quantitative estimate of drug-likeness (QED) is 0.217. The van der Waals surface area contributed by atoms with Gasteiger partial charge in [-0.2, -0.15) is 4.98 Å². The van der Waals surface area contributed by atoms with Crippen molar-refractivity contribution in [2.75, 3.05) is 6.61 Å². The Hall–Kier alpha value is -3.57. The van der Waals surface area contributed by atoms with Crippen molar-refractivity contribution in [3.63, 3.8) is 0 Å². The van der Waals surface area contributed by atoms with Gasteiger partial charge in [-0.1, -0.05) is 46.4 Å². The van der Waals surface area contributed by atoms with Crippen LogP contribution in [0.1, 0.15) is 6.92 Å². The summed E-state index contributed by atoms with van der Waals surface area (Å²) in [4.78, 5) is 33.2. The van der Waals surface area contributed by atoms with Crippen molar-refractivity contribution in [3.05, 3.63) is 74.9 Å². The molecule has 0 unspecified atom stereocenters. The number of ether oxygens (including phenoxy) is 3. The van der Waals surface area contributed by atoms with Crippen LogP contribution in [0.15, 0.2) is 54.7 Å². The summed E-state index contributed by atoms with van der Waals surface area (Å²) in [6.45, 7) is 0.925. The minimum atomic E-state index is -1.13. The highest BCUT2D eigenvalue weighted by Gasteiger charge is 2.13. The Morgan fingerprint density at radius 2 is 1.58 bits per heavy atom. The first-order chi connectivity index (χ1) is 18.0. The van der Waals surface area contributed by atoms with Gasteiger partial charge in [0.25, 0.3) is 0 Å². The number of carbonyl (C=O) groups is 2. The summed E-state index contributed by atoms with van der Waals surface area (Å²) in [5.74, 6) is -0.888. The van der Waals surface area contributed by atoms with Crippen LogP contribution in [0.5, 0.6) is 23.3 Å². The second kappa shape index (κ2) is 13.3. The van der Waals surface area contributed by atoms with Crippen molar-refractivity contribution in [3.8, 4) is 23.3 Å². The fourth-order valence-corrected chi connectivity index (χ4v) is 3.35. The van der Waals surface area contributed by atoms with Gasteiger partial charge in [0.2, 0.25) is 11.8 Å². The summed E-state index contributed by atoms with van der Waals surface area (Å²) < 4.78 is 15.6. The molecule has 2 aromatic heterocycles. The fraction of sp³-hybridized carbons (Fsp3) is 0.125. The molecule has 0 aliphatic rings. The van der Waals surface area contributed by atoms with E-state index in [1.54, 1.807) is 42.5 Å². The average molecular weight is 601 g/mol. The average Bonchev–Trinajstić information content (AvgIpc) is 2.87. The first-order valence-corrected chi connectivity index (χ1v) is 12.0. The van der Waals surface area contributed by atoms with Gasteiger partial charge in [-0.15, -0.1) is 0 Å². The number of rotatable bonds is 8. The number of aliphatic carboxylic acids is 2. The van der Waals surface area contributed by atoms with Crippen LogP contribution in [0.2, 0.25) is 20.2 Å². The third-order valence-electron chi connectivity index (χ3n) is 4.38. The Morgan fingerprint density at radius 3 is 2.24 bits per heavy atom. The van der Waals surface area contributed by atoms with Gasteiger partial charge in [-0.3, -0.25) is 0 Å². The number of aromatic nitrogens is 3. The Morgan fingerprint density at radius 1 is 0.895 bits per heavy atom. The zero-order valence-corrected chi connectivity index (χ0v) is 22.3. The lowest BCUT2D eigenvalue weighted by Gasteiger charge is -2.11. The Balaban J connectivity index is 0.000000244. The third-order valence-corrected chi connectivity index (χ3v) is 5.55.